The molecular weight excluding hydrogens is 294 g/mol. The number of rotatable bonds is 5. The molecule has 0 aliphatic rings. The fourth-order valence-electron chi connectivity index (χ4n) is 2.06. The summed E-state index contributed by atoms with van der Waals surface area (Å²) in [4.78, 5) is 24.0. The van der Waals surface area contributed by atoms with E-state index in [-0.39, 0.29) is 5.91 Å². The number of carbonyl (C=O) groups is 2. The molecule has 0 aliphatic carbocycles. The van der Waals surface area contributed by atoms with Crippen molar-refractivity contribution in [2.75, 3.05) is 12.4 Å². The lowest BCUT2D eigenvalue weighted by Gasteiger charge is -2.16. The zero-order chi connectivity index (χ0) is 16.8. The molecule has 2 rings (SSSR count). The van der Waals surface area contributed by atoms with E-state index in [2.05, 4.69) is 5.32 Å². The first kappa shape index (κ1) is 16.5. The van der Waals surface area contributed by atoms with Gasteiger partial charge < -0.3 is 14.8 Å². The Labute approximate surface area is 135 Å². The zero-order valence-corrected chi connectivity index (χ0v) is 13.3. The molecule has 0 bridgehead atoms. The van der Waals surface area contributed by atoms with Crippen LogP contribution in [0.2, 0.25) is 0 Å². The fourth-order valence-corrected chi connectivity index (χ4v) is 2.06. The van der Waals surface area contributed by atoms with Crippen molar-refractivity contribution >= 4 is 17.6 Å². The smallest absolute Gasteiger partial charge is 0.339 e. The Hall–Kier alpha value is -2.82. The molecule has 0 spiro atoms. The van der Waals surface area contributed by atoms with E-state index in [1.807, 2.05) is 25.1 Å². The number of para-hydroxylation sites is 1. The first-order chi connectivity index (χ1) is 11.0. The molecule has 0 heterocycles. The molecule has 1 atom stereocenters. The Balaban J connectivity index is 2.08. The number of hydrogen-bond acceptors (Lipinski definition) is 4. The van der Waals surface area contributed by atoms with E-state index in [0.717, 1.165) is 5.56 Å². The first-order valence-corrected chi connectivity index (χ1v) is 7.23. The molecule has 0 unspecified atom stereocenters. The quantitative estimate of drug-likeness (QED) is 0.861. The second-order valence-electron chi connectivity index (χ2n) is 5.10. The lowest BCUT2D eigenvalue weighted by atomic mass is 10.1. The normalized spacial score (nSPS) is 11.4. The molecule has 0 fully saturated rings. The second kappa shape index (κ2) is 7.45. The van der Waals surface area contributed by atoms with Crippen molar-refractivity contribution < 1.29 is 19.1 Å². The van der Waals surface area contributed by atoms with Gasteiger partial charge in [-0.2, -0.15) is 0 Å². The lowest BCUT2D eigenvalue weighted by Crippen LogP contribution is -2.30. The topological polar surface area (TPSA) is 64.6 Å². The number of hydrogen-bond donors (Lipinski definition) is 1. The predicted octanol–water partition coefficient (Wildman–Crippen LogP) is 3.19. The van der Waals surface area contributed by atoms with Gasteiger partial charge in [0, 0.05) is 0 Å². The van der Waals surface area contributed by atoms with Gasteiger partial charge in [-0.25, -0.2) is 4.79 Å². The van der Waals surface area contributed by atoms with Crippen LogP contribution in [0.1, 0.15) is 22.8 Å². The standard InChI is InChI=1S/C18H19NO4/c1-12-7-6-8-14(11-12)23-13(2)17(20)19-16-10-5-4-9-15(16)18(21)22-3/h4-11,13H,1-3H3,(H,19,20)/t13-/m1/s1. The maximum absolute atomic E-state index is 12.3. The van der Waals surface area contributed by atoms with E-state index in [0.29, 0.717) is 17.0 Å². The van der Waals surface area contributed by atoms with Crippen LogP contribution in [0.25, 0.3) is 0 Å². The fraction of sp³-hybridized carbons (Fsp3) is 0.222. The van der Waals surface area contributed by atoms with Gasteiger partial charge in [-0.05, 0) is 43.7 Å². The zero-order valence-electron chi connectivity index (χ0n) is 13.3. The highest BCUT2D eigenvalue weighted by Crippen LogP contribution is 2.18. The number of amides is 1. The Morgan fingerprint density at radius 1 is 1.09 bits per heavy atom. The van der Waals surface area contributed by atoms with Gasteiger partial charge in [0.05, 0.1) is 18.4 Å². The summed E-state index contributed by atoms with van der Waals surface area (Å²) < 4.78 is 10.3. The van der Waals surface area contributed by atoms with Crippen LogP contribution in [0.3, 0.4) is 0 Å². The maximum Gasteiger partial charge on any atom is 0.339 e. The van der Waals surface area contributed by atoms with Crippen molar-refractivity contribution in [3.05, 3.63) is 59.7 Å². The minimum atomic E-state index is -0.706. The highest BCUT2D eigenvalue weighted by molar-refractivity contribution is 6.02. The largest absolute Gasteiger partial charge is 0.481 e. The minimum Gasteiger partial charge on any atom is -0.481 e. The first-order valence-electron chi connectivity index (χ1n) is 7.23. The van der Waals surface area contributed by atoms with E-state index in [9.17, 15) is 9.59 Å². The molecule has 120 valence electrons. The minimum absolute atomic E-state index is 0.297. The van der Waals surface area contributed by atoms with Crippen molar-refractivity contribution in [1.82, 2.24) is 0 Å². The Morgan fingerprint density at radius 3 is 2.52 bits per heavy atom. The highest BCUT2D eigenvalue weighted by atomic mass is 16.5. The lowest BCUT2D eigenvalue weighted by molar-refractivity contribution is -0.122. The van der Waals surface area contributed by atoms with E-state index in [4.69, 9.17) is 9.47 Å². The van der Waals surface area contributed by atoms with Crippen LogP contribution < -0.4 is 10.1 Å². The third kappa shape index (κ3) is 4.32. The summed E-state index contributed by atoms with van der Waals surface area (Å²) in [5.41, 5.74) is 1.74. The number of aryl methyl sites for hydroxylation is 1. The summed E-state index contributed by atoms with van der Waals surface area (Å²) in [7, 11) is 1.30. The van der Waals surface area contributed by atoms with Gasteiger partial charge in [-0.1, -0.05) is 24.3 Å². The molecule has 0 radical (unpaired) electrons. The molecule has 23 heavy (non-hydrogen) atoms. The number of anilines is 1. The summed E-state index contributed by atoms with van der Waals surface area (Å²) >= 11 is 0. The van der Waals surface area contributed by atoms with Gasteiger partial charge in [0.25, 0.3) is 5.91 Å². The van der Waals surface area contributed by atoms with Crippen molar-refractivity contribution in [2.24, 2.45) is 0 Å². The summed E-state index contributed by atoms with van der Waals surface area (Å²) in [6.45, 7) is 3.60. The molecule has 5 heteroatoms. The Kier molecular flexibility index (Phi) is 5.36. The molecule has 0 saturated heterocycles. The number of nitrogens with one attached hydrogen (secondary N) is 1. The molecule has 1 amide bonds. The molecular formula is C18H19NO4. The number of benzene rings is 2. The van der Waals surface area contributed by atoms with Gasteiger partial charge in [0.1, 0.15) is 5.75 Å². The average molecular weight is 313 g/mol. The summed E-state index contributed by atoms with van der Waals surface area (Å²) in [6, 6.07) is 14.1. The van der Waals surface area contributed by atoms with Gasteiger partial charge in [-0.3, -0.25) is 4.79 Å². The van der Waals surface area contributed by atoms with Gasteiger partial charge in [0.15, 0.2) is 6.10 Å². The summed E-state index contributed by atoms with van der Waals surface area (Å²) in [5, 5.41) is 2.70. The molecule has 5 nitrogen and oxygen atoms in total. The van der Waals surface area contributed by atoms with Crippen molar-refractivity contribution in [2.45, 2.75) is 20.0 Å². The summed E-state index contributed by atoms with van der Waals surface area (Å²) in [5.74, 6) is -0.232. The molecule has 2 aromatic rings. The van der Waals surface area contributed by atoms with Crippen LogP contribution in [0.5, 0.6) is 5.75 Å². The monoisotopic (exact) mass is 313 g/mol. The van der Waals surface area contributed by atoms with E-state index in [1.165, 1.54) is 7.11 Å². The van der Waals surface area contributed by atoms with Crippen LogP contribution in [0.15, 0.2) is 48.5 Å². The van der Waals surface area contributed by atoms with E-state index >= 15 is 0 Å². The van der Waals surface area contributed by atoms with Crippen molar-refractivity contribution in [3.63, 3.8) is 0 Å². The van der Waals surface area contributed by atoms with Crippen LogP contribution >= 0.6 is 0 Å². The number of carbonyl (C=O) groups excluding carboxylic acids is 2. The van der Waals surface area contributed by atoms with Gasteiger partial charge in [-0.15, -0.1) is 0 Å². The summed E-state index contributed by atoms with van der Waals surface area (Å²) in [6.07, 6.45) is -0.706. The Morgan fingerprint density at radius 2 is 1.83 bits per heavy atom. The third-order valence-electron chi connectivity index (χ3n) is 3.26. The molecule has 0 aromatic heterocycles. The number of methoxy groups -OCH3 is 1. The molecule has 0 aliphatic heterocycles. The number of ether oxygens (including phenoxy) is 2. The second-order valence-corrected chi connectivity index (χ2v) is 5.10. The van der Waals surface area contributed by atoms with Crippen LogP contribution in [0.4, 0.5) is 5.69 Å². The average Bonchev–Trinajstić information content (AvgIpc) is 2.54. The highest BCUT2D eigenvalue weighted by Gasteiger charge is 2.18. The third-order valence-corrected chi connectivity index (χ3v) is 3.26. The SMILES string of the molecule is COC(=O)c1ccccc1NC(=O)[C@@H](C)Oc1cccc(C)c1. The van der Waals surface area contributed by atoms with Gasteiger partial charge in [0.2, 0.25) is 0 Å². The van der Waals surface area contributed by atoms with Crippen molar-refractivity contribution in [3.8, 4) is 5.75 Å². The van der Waals surface area contributed by atoms with E-state index < -0.39 is 12.1 Å². The van der Waals surface area contributed by atoms with Gasteiger partial charge >= 0.3 is 5.97 Å². The number of esters is 1. The Bertz CT molecular complexity index is 712. The predicted molar refractivity (Wildman–Crippen MR) is 87.7 cm³/mol. The van der Waals surface area contributed by atoms with Crippen LogP contribution in [-0.4, -0.2) is 25.1 Å². The maximum atomic E-state index is 12.3. The molecule has 0 saturated carbocycles. The molecule has 1 N–H and O–H groups in total. The van der Waals surface area contributed by atoms with Crippen molar-refractivity contribution in [1.29, 1.82) is 0 Å². The van der Waals surface area contributed by atoms with Crippen LogP contribution in [0, 0.1) is 6.92 Å². The van der Waals surface area contributed by atoms with E-state index in [1.54, 1.807) is 37.3 Å². The van der Waals surface area contributed by atoms with Crippen LogP contribution in [-0.2, 0) is 9.53 Å². The molecule has 2 aromatic carbocycles.